The monoisotopic (exact) mass is 410 g/mol. The van der Waals surface area contributed by atoms with Crippen molar-refractivity contribution in [1.82, 2.24) is 4.90 Å². The zero-order valence-corrected chi connectivity index (χ0v) is 18.1. The summed E-state index contributed by atoms with van der Waals surface area (Å²) in [5.41, 5.74) is 10.5. The van der Waals surface area contributed by atoms with Gasteiger partial charge in [0.1, 0.15) is 0 Å². The van der Waals surface area contributed by atoms with Crippen LogP contribution in [-0.4, -0.2) is 20.7 Å². The van der Waals surface area contributed by atoms with Crippen molar-refractivity contribution in [2.24, 2.45) is 5.92 Å². The average Bonchev–Trinajstić information content (AvgIpc) is 3.39. The molecular weight excluding hydrogens is 384 g/mol. The highest BCUT2D eigenvalue weighted by atomic mass is 16.5. The van der Waals surface area contributed by atoms with Gasteiger partial charge in [-0.2, -0.15) is 5.26 Å². The molecule has 4 atom stereocenters. The molecule has 0 aromatic heterocycles. The fourth-order valence-corrected chi connectivity index (χ4v) is 6.71. The van der Waals surface area contributed by atoms with Gasteiger partial charge in [0.15, 0.2) is 0 Å². The Labute approximate surface area is 182 Å². The maximum atomic E-state index is 10.1. The van der Waals surface area contributed by atoms with E-state index >= 15 is 0 Å². The molecule has 4 unspecified atom stereocenters. The maximum Gasteiger partial charge on any atom is 0.276 e. The molecule has 4 heteroatoms. The highest BCUT2D eigenvalue weighted by molar-refractivity contribution is 5.72. The van der Waals surface area contributed by atoms with Crippen molar-refractivity contribution in [1.29, 1.82) is 5.26 Å². The van der Waals surface area contributed by atoms with Crippen molar-refractivity contribution < 1.29 is 10.2 Å². The Morgan fingerprint density at radius 2 is 2.00 bits per heavy atom. The number of rotatable bonds is 0. The van der Waals surface area contributed by atoms with Gasteiger partial charge in [0.25, 0.3) is 5.95 Å². The van der Waals surface area contributed by atoms with Crippen LogP contribution in [0.1, 0.15) is 69.8 Å². The molecule has 0 radical (unpaired) electrons. The molecule has 156 valence electrons. The van der Waals surface area contributed by atoms with E-state index in [1.807, 2.05) is 0 Å². The van der Waals surface area contributed by atoms with Crippen molar-refractivity contribution in [3.63, 3.8) is 0 Å². The predicted molar refractivity (Wildman–Crippen MR) is 120 cm³/mol. The molecule has 2 aliphatic heterocycles. The lowest BCUT2D eigenvalue weighted by atomic mass is 9.75. The zero-order chi connectivity index (χ0) is 21.7. The predicted octanol–water partition coefficient (Wildman–Crippen LogP) is 5.50. The van der Waals surface area contributed by atoms with Crippen LogP contribution in [0.15, 0.2) is 42.0 Å². The van der Waals surface area contributed by atoms with E-state index in [-0.39, 0.29) is 17.9 Å². The molecule has 6 rings (SSSR count). The lowest BCUT2D eigenvalue weighted by molar-refractivity contribution is 0.176. The summed E-state index contributed by atoms with van der Waals surface area (Å²) >= 11 is 0. The molecule has 2 aliphatic carbocycles. The van der Waals surface area contributed by atoms with Crippen molar-refractivity contribution in [2.45, 2.75) is 57.5 Å². The van der Waals surface area contributed by atoms with E-state index in [1.54, 1.807) is 0 Å². The lowest BCUT2D eigenvalue weighted by Gasteiger charge is -2.45. The summed E-state index contributed by atoms with van der Waals surface area (Å²) in [5, 5.41) is 29.6. The third-order valence-corrected chi connectivity index (χ3v) is 8.09. The number of hydrogen-bond donors (Lipinski definition) is 2. The molecule has 2 N–H and O–H groups in total. The largest absolute Gasteiger partial charge is 0.481 e. The van der Waals surface area contributed by atoms with Gasteiger partial charge in [0, 0.05) is 17.7 Å². The molecule has 0 saturated heterocycles. The number of aliphatic hydroxyl groups is 2. The number of hydrogen-bond acceptors (Lipinski definition) is 4. The van der Waals surface area contributed by atoms with E-state index in [0.29, 0.717) is 5.57 Å². The van der Waals surface area contributed by atoms with Crippen molar-refractivity contribution in [3.8, 4) is 6.07 Å². The van der Waals surface area contributed by atoms with Crippen molar-refractivity contribution >= 4 is 6.08 Å². The van der Waals surface area contributed by atoms with E-state index in [2.05, 4.69) is 68.3 Å². The van der Waals surface area contributed by atoms with Gasteiger partial charge in [-0.3, -0.25) is 0 Å². The van der Waals surface area contributed by atoms with Crippen LogP contribution in [0, 0.1) is 31.1 Å². The molecular formula is C27H26N2O2. The van der Waals surface area contributed by atoms with Crippen LogP contribution in [-0.2, 0) is 12.8 Å². The normalized spacial score (nSPS) is 29.2. The Morgan fingerprint density at radius 3 is 2.74 bits per heavy atom. The summed E-state index contributed by atoms with van der Waals surface area (Å²) in [7, 11) is 0. The number of nitriles is 1. The lowest BCUT2D eigenvalue weighted by Crippen LogP contribution is -2.41. The van der Waals surface area contributed by atoms with E-state index in [0.717, 1.165) is 19.3 Å². The van der Waals surface area contributed by atoms with Crippen LogP contribution in [0.3, 0.4) is 0 Å². The molecule has 2 aromatic carbocycles. The van der Waals surface area contributed by atoms with E-state index in [9.17, 15) is 15.5 Å². The second-order valence-electron chi connectivity index (χ2n) is 9.80. The minimum absolute atomic E-state index is 0.00423. The highest BCUT2D eigenvalue weighted by Gasteiger charge is 2.68. The third kappa shape index (κ3) is 2.24. The average molecular weight is 411 g/mol. The van der Waals surface area contributed by atoms with Crippen molar-refractivity contribution in [2.75, 3.05) is 0 Å². The Hall–Kier alpha value is -3.19. The first-order valence-corrected chi connectivity index (χ1v) is 11.1. The third-order valence-electron chi connectivity index (χ3n) is 8.09. The quantitative estimate of drug-likeness (QED) is 0.563. The molecule has 0 amide bonds. The first kappa shape index (κ1) is 18.6. The number of aliphatic hydroxyl groups excluding tert-OH is 1. The van der Waals surface area contributed by atoms with Crippen LogP contribution in [0.4, 0.5) is 0 Å². The number of fused-ring (bicyclic) bond motifs is 10. The number of benzene rings is 2. The minimum atomic E-state index is -0.536. The summed E-state index contributed by atoms with van der Waals surface area (Å²) in [6.07, 6.45) is 7.06. The van der Waals surface area contributed by atoms with Gasteiger partial charge in [0.2, 0.25) is 0 Å². The van der Waals surface area contributed by atoms with Crippen LogP contribution >= 0.6 is 0 Å². The van der Waals surface area contributed by atoms with Gasteiger partial charge in [-0.15, -0.1) is 0 Å². The summed E-state index contributed by atoms with van der Waals surface area (Å²) in [4.78, 5) is 2.33. The van der Waals surface area contributed by atoms with Gasteiger partial charge in [-0.05, 0) is 85.1 Å². The van der Waals surface area contributed by atoms with Crippen LogP contribution in [0.25, 0.3) is 6.08 Å². The molecule has 2 heterocycles. The van der Waals surface area contributed by atoms with Gasteiger partial charge < -0.3 is 15.1 Å². The second kappa shape index (κ2) is 5.95. The molecule has 1 fully saturated rings. The summed E-state index contributed by atoms with van der Waals surface area (Å²) in [6.45, 7) is 6.40. The number of nitrogens with zero attached hydrogens (tertiary/aromatic N) is 2. The Kier molecular flexibility index (Phi) is 3.56. The fourth-order valence-electron chi connectivity index (χ4n) is 6.71. The first-order chi connectivity index (χ1) is 14.9. The molecule has 31 heavy (non-hydrogen) atoms. The number of aryl methyl sites for hydroxylation is 2. The first-order valence-electron chi connectivity index (χ1n) is 11.1. The standard InChI is InChI=1S/C27H26N2O2/c1-14-10-15(2)22-21(11-14)25-20-7-5-17-12-16(13-28)4-6-18(17)19(20)8-9-29(25)27(3)23(22)24(27)26(30)31/h5,7-11,16,23,25,30-31H,4,6,12H2,1-3H3. The summed E-state index contributed by atoms with van der Waals surface area (Å²) < 4.78 is 0. The second-order valence-corrected chi connectivity index (χ2v) is 9.80. The molecule has 0 bridgehead atoms. The molecule has 0 spiro atoms. The van der Waals surface area contributed by atoms with Gasteiger partial charge in [-0.25, -0.2) is 0 Å². The minimum Gasteiger partial charge on any atom is -0.481 e. The zero-order valence-electron chi connectivity index (χ0n) is 18.1. The van der Waals surface area contributed by atoms with E-state index in [1.165, 1.54) is 44.5 Å². The molecule has 4 nitrogen and oxygen atoms in total. The van der Waals surface area contributed by atoms with Crippen LogP contribution in [0.5, 0.6) is 0 Å². The van der Waals surface area contributed by atoms with Crippen LogP contribution in [0.2, 0.25) is 0 Å². The maximum absolute atomic E-state index is 10.1. The summed E-state index contributed by atoms with van der Waals surface area (Å²) in [6, 6.07) is 11.4. The topological polar surface area (TPSA) is 67.5 Å². The highest BCUT2D eigenvalue weighted by Crippen LogP contribution is 2.69. The smallest absolute Gasteiger partial charge is 0.276 e. The van der Waals surface area contributed by atoms with Crippen LogP contribution < -0.4 is 0 Å². The van der Waals surface area contributed by atoms with Gasteiger partial charge in [0.05, 0.1) is 23.6 Å². The van der Waals surface area contributed by atoms with Crippen molar-refractivity contribution in [3.05, 3.63) is 86.5 Å². The van der Waals surface area contributed by atoms with E-state index < -0.39 is 11.5 Å². The van der Waals surface area contributed by atoms with E-state index in [4.69, 9.17) is 0 Å². The Bertz CT molecular complexity index is 1260. The molecule has 2 aromatic rings. The Balaban J connectivity index is 1.60. The fraction of sp³-hybridized carbons (Fsp3) is 0.370. The molecule has 4 aliphatic rings. The van der Waals surface area contributed by atoms with Gasteiger partial charge >= 0.3 is 0 Å². The Morgan fingerprint density at radius 1 is 1.19 bits per heavy atom. The SMILES string of the molecule is Cc1cc(C)c2c(c1)C1c3ccc4c(c3C=CN1C1(C)C(=C(O)O)C21)CCC(C#N)C4. The van der Waals surface area contributed by atoms with Gasteiger partial charge in [-0.1, -0.05) is 29.8 Å². The molecule has 1 saturated carbocycles. The summed E-state index contributed by atoms with van der Waals surface area (Å²) in [5.74, 6) is -0.419.